The largest absolute Gasteiger partial charge is 0.479 e. The minimum Gasteiger partial charge on any atom is -0.479 e. The van der Waals surface area contributed by atoms with E-state index in [1.165, 1.54) is 10.9 Å². The third-order valence-corrected chi connectivity index (χ3v) is 5.35. The van der Waals surface area contributed by atoms with Crippen LogP contribution in [0.15, 0.2) is 36.7 Å². The summed E-state index contributed by atoms with van der Waals surface area (Å²) in [5.74, 6) is -3.07. The highest BCUT2D eigenvalue weighted by atomic mass is 35.5. The van der Waals surface area contributed by atoms with Crippen molar-refractivity contribution >= 4 is 40.5 Å². The lowest BCUT2D eigenvalue weighted by Gasteiger charge is -2.17. The molecular formula is C20H20ClN5O8. The number of carboxylic acid groups (broad SMARTS) is 2. The van der Waals surface area contributed by atoms with Gasteiger partial charge in [-0.2, -0.15) is 9.97 Å². The van der Waals surface area contributed by atoms with Crippen LogP contribution in [-0.4, -0.2) is 82.9 Å². The maximum absolute atomic E-state index is 11.0. The maximum atomic E-state index is 11.0. The highest BCUT2D eigenvalue weighted by Gasteiger charge is 2.45. The number of fused-ring (bicyclic) bond motifs is 1. The van der Waals surface area contributed by atoms with Crippen LogP contribution in [0, 0.1) is 0 Å². The normalized spacial score (nSPS) is 22.4. The SMILES string of the molecule is O=C(O)C(OC[C@H]1O[C@@H](n2cnc3c(NCc4ccccc4)nc(Cl)nc32)[C@H](O)[C@@H]1O)C(=O)O. The average Bonchev–Trinajstić information content (AvgIpc) is 3.33. The molecule has 1 fully saturated rings. The van der Waals surface area contributed by atoms with Crippen molar-refractivity contribution in [2.24, 2.45) is 0 Å². The Hall–Kier alpha value is -3.36. The summed E-state index contributed by atoms with van der Waals surface area (Å²) < 4.78 is 11.8. The van der Waals surface area contributed by atoms with Crippen molar-refractivity contribution in [3.8, 4) is 0 Å². The first-order valence-electron chi connectivity index (χ1n) is 10.0. The number of aliphatic hydroxyl groups excluding tert-OH is 2. The fourth-order valence-electron chi connectivity index (χ4n) is 3.52. The summed E-state index contributed by atoms with van der Waals surface area (Å²) >= 11 is 6.09. The van der Waals surface area contributed by atoms with Crippen LogP contribution in [-0.2, 0) is 25.6 Å². The smallest absolute Gasteiger partial charge is 0.344 e. The highest BCUT2D eigenvalue weighted by molar-refractivity contribution is 6.28. The summed E-state index contributed by atoms with van der Waals surface area (Å²) in [6.07, 6.45) is -6.20. The Labute approximate surface area is 196 Å². The van der Waals surface area contributed by atoms with Crippen LogP contribution in [0.5, 0.6) is 0 Å². The minimum absolute atomic E-state index is 0.0940. The fraction of sp³-hybridized carbons (Fsp3) is 0.350. The molecule has 3 heterocycles. The van der Waals surface area contributed by atoms with Gasteiger partial charge >= 0.3 is 11.9 Å². The second kappa shape index (κ2) is 9.87. The van der Waals surface area contributed by atoms with Crippen LogP contribution >= 0.6 is 11.6 Å². The van der Waals surface area contributed by atoms with E-state index < -0.39 is 49.2 Å². The number of anilines is 1. The Morgan fingerprint density at radius 2 is 1.85 bits per heavy atom. The van der Waals surface area contributed by atoms with Gasteiger partial charge in [0.05, 0.1) is 12.9 Å². The minimum atomic E-state index is -2.15. The Morgan fingerprint density at radius 3 is 2.53 bits per heavy atom. The van der Waals surface area contributed by atoms with Gasteiger partial charge in [-0.1, -0.05) is 30.3 Å². The highest BCUT2D eigenvalue weighted by Crippen LogP contribution is 2.33. The van der Waals surface area contributed by atoms with E-state index in [0.717, 1.165) is 5.56 Å². The Morgan fingerprint density at radius 1 is 1.15 bits per heavy atom. The van der Waals surface area contributed by atoms with E-state index >= 15 is 0 Å². The molecule has 34 heavy (non-hydrogen) atoms. The summed E-state index contributed by atoms with van der Waals surface area (Å²) in [7, 11) is 0. The van der Waals surface area contributed by atoms with Crippen molar-refractivity contribution in [1.82, 2.24) is 19.5 Å². The van der Waals surface area contributed by atoms with Gasteiger partial charge in [-0.15, -0.1) is 0 Å². The van der Waals surface area contributed by atoms with Gasteiger partial charge in [-0.05, 0) is 17.2 Å². The number of nitrogens with one attached hydrogen (secondary N) is 1. The number of halogens is 1. The van der Waals surface area contributed by atoms with Crippen molar-refractivity contribution in [2.45, 2.75) is 37.2 Å². The second-order valence-electron chi connectivity index (χ2n) is 7.44. The summed E-state index contributed by atoms with van der Waals surface area (Å²) in [5, 5.41) is 41.8. The molecule has 13 nitrogen and oxygen atoms in total. The third kappa shape index (κ3) is 4.78. The summed E-state index contributed by atoms with van der Waals surface area (Å²) in [5.41, 5.74) is 1.54. The first-order chi connectivity index (χ1) is 16.3. The molecule has 180 valence electrons. The zero-order chi connectivity index (χ0) is 24.4. The third-order valence-electron chi connectivity index (χ3n) is 5.18. The van der Waals surface area contributed by atoms with Crippen molar-refractivity contribution in [1.29, 1.82) is 0 Å². The lowest BCUT2D eigenvalue weighted by Crippen LogP contribution is -2.39. The standard InChI is InChI=1S/C20H20ClN5O8/c21-20-24-15(22-6-9-4-2-1-3-5-9)11-16(25-20)26(8-23-11)17-13(28)12(27)10(34-17)7-33-14(18(29)30)19(31)32/h1-5,8,10,12-14,17,27-28H,6-7H2,(H,29,30)(H,31,32)(H,22,24,25)/t10-,12-,13-,17-/m1/s1. The fourth-order valence-corrected chi connectivity index (χ4v) is 3.68. The molecule has 0 radical (unpaired) electrons. The number of rotatable bonds is 9. The van der Waals surface area contributed by atoms with Gasteiger partial charge in [-0.3, -0.25) is 4.57 Å². The lowest BCUT2D eigenvalue weighted by molar-refractivity contribution is -0.170. The molecule has 0 spiro atoms. The molecule has 4 rings (SSSR count). The molecular weight excluding hydrogens is 474 g/mol. The number of imidazole rings is 1. The van der Waals surface area contributed by atoms with E-state index in [2.05, 4.69) is 20.3 Å². The predicted molar refractivity (Wildman–Crippen MR) is 115 cm³/mol. The molecule has 0 aliphatic carbocycles. The van der Waals surface area contributed by atoms with Gasteiger partial charge in [0.2, 0.25) is 5.28 Å². The van der Waals surface area contributed by atoms with E-state index in [1.807, 2.05) is 30.3 Å². The first kappa shape index (κ1) is 23.8. The Balaban J connectivity index is 1.54. The summed E-state index contributed by atoms with van der Waals surface area (Å²) in [4.78, 5) is 34.6. The number of hydrogen-bond donors (Lipinski definition) is 5. The van der Waals surface area contributed by atoms with Crippen molar-refractivity contribution in [3.63, 3.8) is 0 Å². The second-order valence-corrected chi connectivity index (χ2v) is 7.78. The van der Waals surface area contributed by atoms with E-state index in [9.17, 15) is 19.8 Å². The molecule has 2 aromatic heterocycles. The van der Waals surface area contributed by atoms with E-state index in [0.29, 0.717) is 17.9 Å². The molecule has 0 amide bonds. The number of carbonyl (C=O) groups is 2. The number of aliphatic carboxylic acids is 2. The molecule has 1 aliphatic rings. The zero-order valence-electron chi connectivity index (χ0n) is 17.4. The number of ether oxygens (including phenoxy) is 2. The van der Waals surface area contributed by atoms with Gasteiger partial charge in [-0.25, -0.2) is 14.6 Å². The molecule has 5 N–H and O–H groups in total. The van der Waals surface area contributed by atoms with Crippen LogP contribution in [0.3, 0.4) is 0 Å². The van der Waals surface area contributed by atoms with E-state index in [-0.39, 0.29) is 10.9 Å². The number of aliphatic hydroxyl groups is 2. The van der Waals surface area contributed by atoms with E-state index in [1.54, 1.807) is 0 Å². The zero-order valence-corrected chi connectivity index (χ0v) is 18.1. The number of benzene rings is 1. The van der Waals surface area contributed by atoms with Crippen molar-refractivity contribution in [2.75, 3.05) is 11.9 Å². The van der Waals surface area contributed by atoms with E-state index in [4.69, 9.17) is 31.3 Å². The van der Waals surface area contributed by atoms with Gasteiger partial charge < -0.3 is 35.2 Å². The maximum Gasteiger partial charge on any atom is 0.344 e. The number of nitrogens with zero attached hydrogens (tertiary/aromatic N) is 4. The number of hydrogen-bond acceptors (Lipinski definition) is 10. The predicted octanol–water partition coefficient (Wildman–Crippen LogP) is 0.265. The monoisotopic (exact) mass is 493 g/mol. The average molecular weight is 494 g/mol. The number of aromatic nitrogens is 4. The molecule has 1 aromatic carbocycles. The van der Waals surface area contributed by atoms with Gasteiger partial charge in [0, 0.05) is 6.54 Å². The van der Waals surface area contributed by atoms with Crippen LogP contribution < -0.4 is 5.32 Å². The molecule has 0 saturated carbocycles. The molecule has 1 aliphatic heterocycles. The van der Waals surface area contributed by atoms with Crippen molar-refractivity contribution in [3.05, 3.63) is 47.5 Å². The molecule has 1 saturated heterocycles. The number of carboxylic acids is 2. The topological polar surface area (TPSA) is 189 Å². The first-order valence-corrected chi connectivity index (χ1v) is 10.4. The molecule has 0 bridgehead atoms. The van der Waals surface area contributed by atoms with Crippen LogP contribution in [0.2, 0.25) is 5.28 Å². The van der Waals surface area contributed by atoms with Crippen molar-refractivity contribution < 1.29 is 39.5 Å². The lowest BCUT2D eigenvalue weighted by atomic mass is 10.1. The molecule has 14 heteroatoms. The molecule has 4 atom stereocenters. The quantitative estimate of drug-likeness (QED) is 0.202. The summed E-state index contributed by atoms with van der Waals surface area (Å²) in [6.45, 7) is -0.157. The van der Waals surface area contributed by atoms with Crippen LogP contribution in [0.4, 0.5) is 5.82 Å². The molecule has 0 unspecified atom stereocenters. The summed E-state index contributed by atoms with van der Waals surface area (Å²) in [6, 6.07) is 9.55. The van der Waals surface area contributed by atoms with Crippen LogP contribution in [0.1, 0.15) is 11.8 Å². The van der Waals surface area contributed by atoms with Gasteiger partial charge in [0.15, 0.2) is 23.2 Å². The Bertz CT molecular complexity index is 1180. The molecule has 3 aromatic rings. The van der Waals surface area contributed by atoms with Gasteiger partial charge in [0.1, 0.15) is 18.3 Å². The van der Waals surface area contributed by atoms with Crippen LogP contribution in [0.25, 0.3) is 11.2 Å². The Kier molecular flexibility index (Phi) is 6.90. The van der Waals surface area contributed by atoms with Gasteiger partial charge in [0.25, 0.3) is 6.10 Å².